The lowest BCUT2D eigenvalue weighted by molar-refractivity contribution is 0.102. The highest BCUT2D eigenvalue weighted by molar-refractivity contribution is 7.99. The SMILES string of the molecule is CS(=O)(=O)NCCc1ccc(C(=O)CSc2nnnn2C2CCCC2)s1. The van der Waals surface area contributed by atoms with E-state index in [4.69, 9.17) is 0 Å². The molecule has 2 heterocycles. The number of nitrogens with one attached hydrogen (secondary N) is 1. The molecule has 0 atom stereocenters. The van der Waals surface area contributed by atoms with E-state index in [2.05, 4.69) is 20.2 Å². The second-order valence-corrected chi connectivity index (χ2v) is 10.2. The van der Waals surface area contributed by atoms with E-state index in [1.165, 1.54) is 35.9 Å². The molecule has 0 aliphatic heterocycles. The van der Waals surface area contributed by atoms with E-state index in [0.29, 0.717) is 29.0 Å². The van der Waals surface area contributed by atoms with Gasteiger partial charge in [0.1, 0.15) is 0 Å². The van der Waals surface area contributed by atoms with Crippen molar-refractivity contribution >= 4 is 38.9 Å². The van der Waals surface area contributed by atoms with Crippen molar-refractivity contribution in [3.63, 3.8) is 0 Å². The molecule has 26 heavy (non-hydrogen) atoms. The van der Waals surface area contributed by atoms with Crippen LogP contribution in [0.4, 0.5) is 0 Å². The molecule has 1 fully saturated rings. The molecule has 0 aromatic carbocycles. The standard InChI is InChI=1S/C15H21N5O3S3/c1-26(22,23)16-9-8-12-6-7-14(25-12)13(21)10-24-15-17-18-19-20(15)11-4-2-3-5-11/h6-7,11,16H,2-5,8-10H2,1H3. The Labute approximate surface area is 160 Å². The van der Waals surface area contributed by atoms with Gasteiger partial charge in [-0.1, -0.05) is 24.6 Å². The van der Waals surface area contributed by atoms with Gasteiger partial charge in [-0.15, -0.1) is 16.4 Å². The molecule has 142 valence electrons. The van der Waals surface area contributed by atoms with Crippen molar-refractivity contribution in [1.29, 1.82) is 0 Å². The summed E-state index contributed by atoms with van der Waals surface area (Å²) in [4.78, 5) is 14.1. The van der Waals surface area contributed by atoms with Crippen LogP contribution < -0.4 is 4.72 Å². The molecule has 1 aliphatic rings. The monoisotopic (exact) mass is 415 g/mol. The Kier molecular flexibility index (Phi) is 6.43. The summed E-state index contributed by atoms with van der Waals surface area (Å²) in [5, 5.41) is 12.6. The molecule has 2 aromatic heterocycles. The normalized spacial score (nSPS) is 15.6. The molecule has 0 radical (unpaired) electrons. The third kappa shape index (κ3) is 5.35. The quantitative estimate of drug-likeness (QED) is 0.492. The van der Waals surface area contributed by atoms with Gasteiger partial charge in [-0.2, -0.15) is 0 Å². The maximum absolute atomic E-state index is 12.4. The van der Waals surface area contributed by atoms with Gasteiger partial charge in [0.05, 0.1) is 22.9 Å². The average Bonchev–Trinajstić information content (AvgIpc) is 3.31. The number of nitrogens with zero attached hydrogens (tertiary/aromatic N) is 4. The topological polar surface area (TPSA) is 107 Å². The predicted molar refractivity (Wildman–Crippen MR) is 101 cm³/mol. The summed E-state index contributed by atoms with van der Waals surface area (Å²) in [6.07, 6.45) is 6.26. The first-order chi connectivity index (χ1) is 12.4. The molecule has 1 saturated carbocycles. The zero-order chi connectivity index (χ0) is 18.6. The van der Waals surface area contributed by atoms with E-state index in [1.54, 1.807) is 6.07 Å². The molecule has 0 unspecified atom stereocenters. The van der Waals surface area contributed by atoms with Gasteiger partial charge in [0.15, 0.2) is 5.78 Å². The summed E-state index contributed by atoms with van der Waals surface area (Å²) in [7, 11) is -3.19. The summed E-state index contributed by atoms with van der Waals surface area (Å²) >= 11 is 2.77. The van der Waals surface area contributed by atoms with Crippen molar-refractivity contribution in [1.82, 2.24) is 24.9 Å². The molecule has 2 aromatic rings. The van der Waals surface area contributed by atoms with Gasteiger partial charge in [0.25, 0.3) is 0 Å². The minimum absolute atomic E-state index is 0.0308. The van der Waals surface area contributed by atoms with Crippen LogP contribution in [0.2, 0.25) is 0 Å². The average molecular weight is 416 g/mol. The third-order valence-corrected chi connectivity index (χ3v) is 6.99. The molecule has 0 amide bonds. The Morgan fingerprint density at radius 3 is 2.88 bits per heavy atom. The number of carbonyl (C=O) groups is 1. The van der Waals surface area contributed by atoms with Crippen molar-refractivity contribution in [2.24, 2.45) is 0 Å². The highest BCUT2D eigenvalue weighted by Crippen LogP contribution is 2.31. The lowest BCUT2D eigenvalue weighted by Gasteiger charge is -2.10. The molecular formula is C15H21N5O3S3. The van der Waals surface area contributed by atoms with Crippen LogP contribution in [0.3, 0.4) is 0 Å². The lowest BCUT2D eigenvalue weighted by atomic mass is 10.3. The number of rotatable bonds is 9. The number of Topliss-reactive ketones (excluding diaryl/α,β-unsaturated/α-hetero) is 1. The van der Waals surface area contributed by atoms with Crippen LogP contribution in [0.15, 0.2) is 17.3 Å². The minimum atomic E-state index is -3.19. The number of thiophene rings is 1. The van der Waals surface area contributed by atoms with Crippen molar-refractivity contribution in [3.8, 4) is 0 Å². The number of tetrazole rings is 1. The smallest absolute Gasteiger partial charge is 0.210 e. The number of thioether (sulfide) groups is 1. The van der Waals surface area contributed by atoms with Gasteiger partial charge >= 0.3 is 0 Å². The predicted octanol–water partition coefficient (Wildman–Crippen LogP) is 1.92. The van der Waals surface area contributed by atoms with E-state index in [0.717, 1.165) is 24.0 Å². The number of hydrogen-bond donors (Lipinski definition) is 1. The highest BCUT2D eigenvalue weighted by Gasteiger charge is 2.22. The van der Waals surface area contributed by atoms with Gasteiger partial charge in [-0.05, 0) is 41.8 Å². The number of sulfonamides is 1. The Morgan fingerprint density at radius 2 is 2.15 bits per heavy atom. The Balaban J connectivity index is 1.52. The van der Waals surface area contributed by atoms with Crippen LogP contribution in [-0.2, 0) is 16.4 Å². The zero-order valence-corrected chi connectivity index (χ0v) is 16.9. The van der Waals surface area contributed by atoms with Crippen molar-refractivity contribution in [2.75, 3.05) is 18.6 Å². The number of hydrogen-bond acceptors (Lipinski definition) is 8. The van der Waals surface area contributed by atoms with Gasteiger partial charge < -0.3 is 0 Å². The second kappa shape index (κ2) is 8.59. The molecule has 0 spiro atoms. The molecule has 3 rings (SSSR count). The number of aromatic nitrogens is 4. The van der Waals surface area contributed by atoms with E-state index in [9.17, 15) is 13.2 Å². The second-order valence-electron chi connectivity index (χ2n) is 6.24. The highest BCUT2D eigenvalue weighted by atomic mass is 32.2. The maximum atomic E-state index is 12.4. The fourth-order valence-electron chi connectivity index (χ4n) is 2.88. The summed E-state index contributed by atoms with van der Waals surface area (Å²) in [5.74, 6) is 0.317. The van der Waals surface area contributed by atoms with E-state index in [1.807, 2.05) is 10.7 Å². The number of ketones is 1. The Hall–Kier alpha value is -1.30. The first-order valence-electron chi connectivity index (χ1n) is 8.39. The molecule has 8 nitrogen and oxygen atoms in total. The van der Waals surface area contributed by atoms with Crippen LogP contribution in [0.25, 0.3) is 0 Å². The minimum Gasteiger partial charge on any atom is -0.292 e. The first-order valence-corrected chi connectivity index (χ1v) is 12.1. The van der Waals surface area contributed by atoms with Crippen LogP contribution >= 0.6 is 23.1 Å². The summed E-state index contributed by atoms with van der Waals surface area (Å²) in [5.41, 5.74) is 0. The molecule has 1 aliphatic carbocycles. The maximum Gasteiger partial charge on any atom is 0.210 e. The Bertz CT molecular complexity index is 856. The summed E-state index contributed by atoms with van der Waals surface area (Å²) < 4.78 is 26.4. The fraction of sp³-hybridized carbons (Fsp3) is 0.600. The van der Waals surface area contributed by atoms with E-state index < -0.39 is 10.0 Å². The number of carbonyl (C=O) groups excluding carboxylic acids is 1. The van der Waals surface area contributed by atoms with E-state index in [-0.39, 0.29) is 11.5 Å². The van der Waals surface area contributed by atoms with Gasteiger partial charge in [-0.25, -0.2) is 17.8 Å². The largest absolute Gasteiger partial charge is 0.292 e. The van der Waals surface area contributed by atoms with Crippen molar-refractivity contribution < 1.29 is 13.2 Å². The molecule has 0 saturated heterocycles. The van der Waals surface area contributed by atoms with Gasteiger partial charge in [0.2, 0.25) is 15.2 Å². The van der Waals surface area contributed by atoms with E-state index >= 15 is 0 Å². The van der Waals surface area contributed by atoms with Crippen molar-refractivity contribution in [3.05, 3.63) is 21.9 Å². The fourth-order valence-corrected chi connectivity index (χ4v) is 5.22. The van der Waals surface area contributed by atoms with Crippen LogP contribution in [0.5, 0.6) is 0 Å². The molecule has 11 heteroatoms. The summed E-state index contributed by atoms with van der Waals surface area (Å²) in [6, 6.07) is 4.01. The zero-order valence-electron chi connectivity index (χ0n) is 14.4. The van der Waals surface area contributed by atoms with Crippen molar-refractivity contribution in [2.45, 2.75) is 43.3 Å². The van der Waals surface area contributed by atoms with Gasteiger partial charge in [0, 0.05) is 11.4 Å². The Morgan fingerprint density at radius 1 is 1.38 bits per heavy atom. The third-order valence-electron chi connectivity index (χ3n) is 4.14. The van der Waals surface area contributed by atoms with Crippen LogP contribution in [-0.4, -0.2) is 53.0 Å². The van der Waals surface area contributed by atoms with Crippen LogP contribution in [0, 0.1) is 0 Å². The first kappa shape index (κ1) is 19.5. The summed E-state index contributed by atoms with van der Waals surface area (Å²) in [6.45, 7) is 0.331. The molecular weight excluding hydrogens is 394 g/mol. The van der Waals surface area contributed by atoms with Crippen LogP contribution in [0.1, 0.15) is 46.3 Å². The lowest BCUT2D eigenvalue weighted by Crippen LogP contribution is -2.23. The van der Waals surface area contributed by atoms with Gasteiger partial charge in [-0.3, -0.25) is 4.79 Å². The molecule has 1 N–H and O–H groups in total. The molecule has 0 bridgehead atoms.